The number of hydrogen-bond donors (Lipinski definition) is 2. The third-order valence-corrected chi connectivity index (χ3v) is 5.61. The van der Waals surface area contributed by atoms with Gasteiger partial charge in [-0.3, -0.25) is 9.98 Å². The molecule has 2 N–H and O–H groups in total. The number of likely N-dealkylation sites (N-methyl/N-ethyl adjacent to an activating group) is 1. The Kier molecular flexibility index (Phi) is 11.9. The Balaban J connectivity index is 1.82. The second-order valence-corrected chi connectivity index (χ2v) is 8.67. The van der Waals surface area contributed by atoms with Crippen LogP contribution in [0, 0.1) is 13.8 Å². The average molecular weight is 459 g/mol. The van der Waals surface area contributed by atoms with Crippen molar-refractivity contribution in [2.75, 3.05) is 26.2 Å². The number of unbranched alkanes of at least 4 members (excludes halogenated alkanes) is 2. The highest BCUT2D eigenvalue weighted by atomic mass is 15.0. The van der Waals surface area contributed by atoms with E-state index in [9.17, 15) is 0 Å². The maximum Gasteiger partial charge on any atom is 0.128 e. The smallest absolute Gasteiger partial charge is 0.128 e. The molecule has 2 aromatic rings. The molecule has 0 bridgehead atoms. The van der Waals surface area contributed by atoms with Gasteiger partial charge in [0.05, 0.1) is 0 Å². The molecular formula is C30H42N4. The summed E-state index contributed by atoms with van der Waals surface area (Å²) in [4.78, 5) is 9.55. The van der Waals surface area contributed by atoms with Crippen molar-refractivity contribution in [3.8, 4) is 0 Å². The zero-order valence-corrected chi connectivity index (χ0v) is 21.6. The summed E-state index contributed by atoms with van der Waals surface area (Å²) in [6.45, 7) is 20.3. The number of nitrogens with zero attached hydrogens (tertiary/aromatic N) is 2. The molecule has 0 saturated carbocycles. The second-order valence-electron chi connectivity index (χ2n) is 8.67. The van der Waals surface area contributed by atoms with Gasteiger partial charge in [-0.1, -0.05) is 79.7 Å². The Morgan fingerprint density at radius 3 is 1.68 bits per heavy atom. The zero-order valence-electron chi connectivity index (χ0n) is 21.6. The van der Waals surface area contributed by atoms with Crippen LogP contribution in [0.25, 0.3) is 11.1 Å². The first-order valence-electron chi connectivity index (χ1n) is 12.6. The van der Waals surface area contributed by atoms with Gasteiger partial charge in [0.25, 0.3) is 0 Å². The summed E-state index contributed by atoms with van der Waals surface area (Å²) in [7, 11) is 0. The minimum atomic E-state index is 0.792. The van der Waals surface area contributed by atoms with Crippen molar-refractivity contribution in [1.82, 2.24) is 10.6 Å². The highest BCUT2D eigenvalue weighted by Gasteiger charge is 2.08. The molecule has 0 spiro atoms. The van der Waals surface area contributed by atoms with E-state index in [-0.39, 0.29) is 0 Å². The average Bonchev–Trinajstić information content (AvgIpc) is 2.84. The van der Waals surface area contributed by atoms with E-state index in [1.165, 1.54) is 11.1 Å². The summed E-state index contributed by atoms with van der Waals surface area (Å²) < 4.78 is 0. The molecule has 0 amide bonds. The van der Waals surface area contributed by atoms with Crippen molar-refractivity contribution in [1.29, 1.82) is 0 Å². The summed E-state index contributed by atoms with van der Waals surface area (Å²) in [6.07, 6.45) is 4.23. The molecular weight excluding hydrogens is 416 g/mol. The van der Waals surface area contributed by atoms with Crippen LogP contribution < -0.4 is 10.6 Å². The van der Waals surface area contributed by atoms with Crippen LogP contribution >= 0.6 is 0 Å². The maximum absolute atomic E-state index is 4.81. The molecule has 0 aliphatic carbocycles. The fraction of sp³-hybridized carbons (Fsp3) is 0.400. The second kappa shape index (κ2) is 14.9. The van der Waals surface area contributed by atoms with Gasteiger partial charge in [-0.05, 0) is 57.6 Å². The number of aryl methyl sites for hydroxylation is 2. The number of hydrogen-bond acceptors (Lipinski definition) is 2. The Hall–Kier alpha value is -3.14. The topological polar surface area (TPSA) is 48.8 Å². The minimum Gasteiger partial charge on any atom is -0.370 e. The molecule has 4 heteroatoms. The van der Waals surface area contributed by atoms with Crippen LogP contribution in [-0.2, 0) is 0 Å². The lowest BCUT2D eigenvalue weighted by molar-refractivity contribution is 0.670. The zero-order chi connectivity index (χ0) is 24.8. The Morgan fingerprint density at radius 1 is 0.676 bits per heavy atom. The molecule has 0 radical (unpaired) electrons. The molecule has 4 nitrogen and oxygen atoms in total. The van der Waals surface area contributed by atoms with Gasteiger partial charge >= 0.3 is 0 Å². The third kappa shape index (κ3) is 9.01. The van der Waals surface area contributed by atoms with Gasteiger partial charge in [0.1, 0.15) is 11.7 Å². The number of benzene rings is 2. The van der Waals surface area contributed by atoms with Gasteiger partial charge in [-0.2, -0.15) is 0 Å². The number of nitrogens with one attached hydrogen (secondary N) is 2. The monoisotopic (exact) mass is 458 g/mol. The van der Waals surface area contributed by atoms with Crippen molar-refractivity contribution < 1.29 is 0 Å². The summed E-state index contributed by atoms with van der Waals surface area (Å²) in [5, 5.41) is 6.90. The van der Waals surface area contributed by atoms with Crippen LogP contribution in [-0.4, -0.2) is 37.9 Å². The summed E-state index contributed by atoms with van der Waals surface area (Å²) in [5.74, 6) is 1.81. The Morgan fingerprint density at radius 2 is 1.18 bits per heavy atom. The van der Waals surface area contributed by atoms with Crippen molar-refractivity contribution in [3.63, 3.8) is 0 Å². The summed E-state index contributed by atoms with van der Waals surface area (Å²) >= 11 is 0. The molecule has 34 heavy (non-hydrogen) atoms. The van der Waals surface area contributed by atoms with Crippen molar-refractivity contribution >= 4 is 22.8 Å². The van der Waals surface area contributed by atoms with Gasteiger partial charge in [0.15, 0.2) is 0 Å². The van der Waals surface area contributed by atoms with E-state index in [1.807, 2.05) is 0 Å². The minimum absolute atomic E-state index is 0.792. The van der Waals surface area contributed by atoms with E-state index in [4.69, 9.17) is 9.98 Å². The number of aliphatic imine (C=N–C) groups is 2. The highest BCUT2D eigenvalue weighted by Crippen LogP contribution is 2.16. The van der Waals surface area contributed by atoms with Crippen LogP contribution in [0.15, 0.2) is 71.7 Å². The van der Waals surface area contributed by atoms with Crippen LogP contribution in [0.1, 0.15) is 61.8 Å². The SMILES string of the molecule is C=C(C(=NCCCCCNC(=NCCC)C(=C)c1ccc(C)cc1)NCC)c1ccc(C)cc1. The normalized spacial score (nSPS) is 11.9. The molecule has 0 aliphatic heterocycles. The van der Waals surface area contributed by atoms with E-state index in [0.717, 1.165) is 85.8 Å². The molecule has 182 valence electrons. The van der Waals surface area contributed by atoms with Gasteiger partial charge in [0.2, 0.25) is 0 Å². The maximum atomic E-state index is 4.81. The van der Waals surface area contributed by atoms with E-state index in [2.05, 4.69) is 100 Å². The Labute approximate surface area is 207 Å². The molecule has 2 rings (SSSR count). The van der Waals surface area contributed by atoms with Gasteiger partial charge < -0.3 is 10.6 Å². The van der Waals surface area contributed by atoms with Crippen LogP contribution in [0.5, 0.6) is 0 Å². The number of amidine groups is 2. The van der Waals surface area contributed by atoms with Crippen LogP contribution in [0.2, 0.25) is 0 Å². The van der Waals surface area contributed by atoms with Gasteiger partial charge in [-0.15, -0.1) is 0 Å². The standard InChI is InChI=1S/C30H42N4/c1-7-20-32-30(26(6)28-18-14-24(4)15-19-28)34-22-11-9-10-21-33-29(31-8-2)25(5)27-16-12-23(3)13-17-27/h12-19H,5-11,20-22H2,1-4H3,(H,31,33)(H,32,34). The van der Waals surface area contributed by atoms with Crippen molar-refractivity contribution in [2.45, 2.75) is 53.4 Å². The predicted octanol–water partition coefficient (Wildman–Crippen LogP) is 6.61. The van der Waals surface area contributed by atoms with Crippen LogP contribution in [0.4, 0.5) is 0 Å². The fourth-order valence-electron chi connectivity index (χ4n) is 3.50. The van der Waals surface area contributed by atoms with E-state index >= 15 is 0 Å². The van der Waals surface area contributed by atoms with Gasteiger partial charge in [-0.25, -0.2) is 0 Å². The highest BCUT2D eigenvalue weighted by molar-refractivity contribution is 6.22. The predicted molar refractivity (Wildman–Crippen MR) is 151 cm³/mol. The molecule has 0 fully saturated rings. The molecule has 0 saturated heterocycles. The molecule has 2 aromatic carbocycles. The Bertz CT molecular complexity index is 966. The first kappa shape index (κ1) is 27.1. The van der Waals surface area contributed by atoms with E-state index in [1.54, 1.807) is 0 Å². The van der Waals surface area contributed by atoms with Crippen molar-refractivity contribution in [2.24, 2.45) is 9.98 Å². The summed E-state index contributed by atoms with van der Waals surface area (Å²) in [6, 6.07) is 16.9. The number of rotatable bonds is 13. The molecule has 0 aliphatic rings. The first-order chi connectivity index (χ1) is 16.5. The lowest BCUT2D eigenvalue weighted by atomic mass is 10.0. The molecule has 0 heterocycles. The van der Waals surface area contributed by atoms with Crippen LogP contribution in [0.3, 0.4) is 0 Å². The molecule has 0 aromatic heterocycles. The van der Waals surface area contributed by atoms with Gasteiger partial charge in [0, 0.05) is 37.3 Å². The lowest BCUT2D eigenvalue weighted by Gasteiger charge is -2.14. The third-order valence-electron chi connectivity index (χ3n) is 5.61. The summed E-state index contributed by atoms with van der Waals surface area (Å²) in [5.41, 5.74) is 6.64. The quantitative estimate of drug-likeness (QED) is 0.202. The van der Waals surface area contributed by atoms with E-state index < -0.39 is 0 Å². The fourth-order valence-corrected chi connectivity index (χ4v) is 3.50. The molecule has 0 unspecified atom stereocenters. The van der Waals surface area contributed by atoms with E-state index in [0.29, 0.717) is 0 Å². The largest absolute Gasteiger partial charge is 0.370 e. The first-order valence-corrected chi connectivity index (χ1v) is 12.6. The molecule has 0 atom stereocenters. The van der Waals surface area contributed by atoms with Crippen molar-refractivity contribution in [3.05, 3.63) is 83.9 Å². The lowest BCUT2D eigenvalue weighted by Crippen LogP contribution is -2.26.